The molecule has 1 heterocycles. The number of H-pyrrole nitrogens is 1. The molecule has 1 nitrogen and oxygen atoms in total. The van der Waals surface area contributed by atoms with Crippen LogP contribution < -0.4 is 0 Å². The predicted octanol–water partition coefficient (Wildman–Crippen LogP) is 3.12. The maximum Gasteiger partial charge on any atom is 0.0456 e. The number of rotatable bonds is 2. The van der Waals surface area contributed by atoms with Crippen LogP contribution in [0.4, 0.5) is 0 Å². The monoisotopic (exact) mass is 183 g/mol. The first-order valence-corrected chi connectivity index (χ1v) is 4.86. The van der Waals surface area contributed by atoms with Crippen molar-refractivity contribution < 1.29 is 0 Å². The second kappa shape index (κ2) is 4.02. The van der Waals surface area contributed by atoms with Gasteiger partial charge in [0.2, 0.25) is 0 Å². The van der Waals surface area contributed by atoms with Gasteiger partial charge < -0.3 is 4.98 Å². The smallest absolute Gasteiger partial charge is 0.0456 e. The van der Waals surface area contributed by atoms with Gasteiger partial charge in [-0.1, -0.05) is 18.2 Å². The van der Waals surface area contributed by atoms with Crippen LogP contribution in [0, 0.1) is 11.8 Å². The number of nitrogens with one attached hydrogen (secondary N) is 1. The lowest BCUT2D eigenvalue weighted by Crippen LogP contribution is -1.80. The Labute approximate surface area is 84.1 Å². The first kappa shape index (κ1) is 8.90. The zero-order valence-corrected chi connectivity index (χ0v) is 8.30. The second-order valence-corrected chi connectivity index (χ2v) is 3.29. The van der Waals surface area contributed by atoms with Gasteiger partial charge in [-0.05, 0) is 25.0 Å². The molecule has 0 unspecified atom stereocenters. The molecule has 70 valence electrons. The first-order chi connectivity index (χ1) is 6.92. The highest BCUT2D eigenvalue weighted by atomic mass is 14.7. The minimum atomic E-state index is 0.943. The average molecular weight is 183 g/mol. The topological polar surface area (TPSA) is 15.8 Å². The fourth-order valence-corrected chi connectivity index (χ4v) is 1.66. The zero-order valence-electron chi connectivity index (χ0n) is 8.30. The molecule has 1 aromatic carbocycles. The molecule has 1 heteroatoms. The third-order valence-corrected chi connectivity index (χ3v) is 2.37. The number of aromatic amines is 1. The number of aryl methyl sites for hydroxylation is 1. The Kier molecular flexibility index (Phi) is 2.55. The number of benzene rings is 1. The molecule has 0 atom stereocenters. The number of hydrogen-bond acceptors (Lipinski definition) is 0. The Morgan fingerprint density at radius 2 is 2.14 bits per heavy atom. The minimum absolute atomic E-state index is 0.943. The van der Waals surface area contributed by atoms with Gasteiger partial charge in [-0.25, -0.2) is 0 Å². The van der Waals surface area contributed by atoms with Crippen molar-refractivity contribution >= 4 is 10.9 Å². The predicted molar refractivity (Wildman–Crippen MR) is 60.1 cm³/mol. The summed E-state index contributed by atoms with van der Waals surface area (Å²) in [6, 6.07) is 8.38. The molecule has 2 aromatic rings. The van der Waals surface area contributed by atoms with Crippen molar-refractivity contribution in [3.63, 3.8) is 0 Å². The van der Waals surface area contributed by atoms with Crippen LogP contribution in [0.1, 0.15) is 18.9 Å². The normalized spacial score (nSPS) is 9.79. The van der Waals surface area contributed by atoms with E-state index in [1.807, 2.05) is 6.92 Å². The van der Waals surface area contributed by atoms with E-state index in [2.05, 4.69) is 47.3 Å². The van der Waals surface area contributed by atoms with E-state index in [4.69, 9.17) is 0 Å². The first-order valence-electron chi connectivity index (χ1n) is 4.86. The van der Waals surface area contributed by atoms with Gasteiger partial charge in [0.25, 0.3) is 0 Å². The Bertz CT molecular complexity index is 482. The van der Waals surface area contributed by atoms with Crippen LogP contribution in [0.2, 0.25) is 0 Å². The molecular weight excluding hydrogens is 170 g/mol. The van der Waals surface area contributed by atoms with Crippen LogP contribution in [0.25, 0.3) is 10.9 Å². The summed E-state index contributed by atoms with van der Waals surface area (Å²) in [5.74, 6) is 6.01. The van der Waals surface area contributed by atoms with E-state index in [0.29, 0.717) is 0 Å². The van der Waals surface area contributed by atoms with Gasteiger partial charge in [0.15, 0.2) is 0 Å². The molecule has 0 aliphatic rings. The van der Waals surface area contributed by atoms with Gasteiger partial charge in [-0.15, -0.1) is 11.8 Å². The van der Waals surface area contributed by atoms with Gasteiger partial charge in [0.05, 0.1) is 0 Å². The lowest BCUT2D eigenvalue weighted by Gasteiger charge is -1.93. The molecule has 2 rings (SSSR count). The lowest BCUT2D eigenvalue weighted by molar-refractivity contribution is 1.04. The maximum atomic E-state index is 3.27. The van der Waals surface area contributed by atoms with Crippen LogP contribution in [0.5, 0.6) is 0 Å². The van der Waals surface area contributed by atoms with Crippen molar-refractivity contribution in [3.8, 4) is 11.8 Å². The molecule has 0 bridgehead atoms. The summed E-state index contributed by atoms with van der Waals surface area (Å²) >= 11 is 0. The third kappa shape index (κ3) is 1.65. The van der Waals surface area contributed by atoms with Crippen LogP contribution in [0.3, 0.4) is 0 Å². The third-order valence-electron chi connectivity index (χ3n) is 2.37. The number of fused-ring (bicyclic) bond motifs is 1. The lowest BCUT2D eigenvalue weighted by atomic mass is 10.1. The standard InChI is InChI=1S/C13H13N/c1-2-3-4-7-11-10-14-13-9-6-5-8-12(11)13/h5-6,8-10,14H,4,7H2,1H3. The van der Waals surface area contributed by atoms with Crippen molar-refractivity contribution in [2.75, 3.05) is 0 Å². The Morgan fingerprint density at radius 3 is 3.00 bits per heavy atom. The maximum absolute atomic E-state index is 3.27. The molecule has 1 N–H and O–H groups in total. The summed E-state index contributed by atoms with van der Waals surface area (Å²) in [5, 5.41) is 1.32. The van der Waals surface area contributed by atoms with Crippen LogP contribution in [-0.4, -0.2) is 4.98 Å². The molecule has 0 aliphatic carbocycles. The van der Waals surface area contributed by atoms with Crippen LogP contribution >= 0.6 is 0 Å². The molecule has 14 heavy (non-hydrogen) atoms. The summed E-state index contributed by atoms with van der Waals surface area (Å²) in [5.41, 5.74) is 2.58. The zero-order chi connectivity index (χ0) is 9.80. The van der Waals surface area contributed by atoms with E-state index in [0.717, 1.165) is 12.8 Å². The highest BCUT2D eigenvalue weighted by Crippen LogP contribution is 2.18. The summed E-state index contributed by atoms with van der Waals surface area (Å²) in [4.78, 5) is 3.27. The van der Waals surface area contributed by atoms with Crippen molar-refractivity contribution in [1.29, 1.82) is 0 Å². The van der Waals surface area contributed by atoms with E-state index < -0.39 is 0 Å². The second-order valence-electron chi connectivity index (χ2n) is 3.29. The molecule has 0 saturated heterocycles. The van der Waals surface area contributed by atoms with Gasteiger partial charge in [0.1, 0.15) is 0 Å². The molecule has 0 amide bonds. The van der Waals surface area contributed by atoms with Crippen LogP contribution in [0.15, 0.2) is 30.5 Å². The highest BCUT2D eigenvalue weighted by molar-refractivity contribution is 5.83. The molecule has 0 spiro atoms. The van der Waals surface area contributed by atoms with E-state index in [1.54, 1.807) is 0 Å². The van der Waals surface area contributed by atoms with E-state index in [-0.39, 0.29) is 0 Å². The van der Waals surface area contributed by atoms with E-state index in [9.17, 15) is 0 Å². The average Bonchev–Trinajstić information content (AvgIpc) is 2.63. The number of para-hydroxylation sites is 1. The molecular formula is C13H13N. The van der Waals surface area contributed by atoms with E-state index in [1.165, 1.54) is 16.5 Å². The van der Waals surface area contributed by atoms with Crippen molar-refractivity contribution in [2.24, 2.45) is 0 Å². The molecule has 0 fully saturated rings. The van der Waals surface area contributed by atoms with Crippen molar-refractivity contribution in [2.45, 2.75) is 19.8 Å². The minimum Gasteiger partial charge on any atom is -0.361 e. The molecule has 0 aliphatic heterocycles. The largest absolute Gasteiger partial charge is 0.361 e. The molecule has 0 radical (unpaired) electrons. The van der Waals surface area contributed by atoms with E-state index >= 15 is 0 Å². The van der Waals surface area contributed by atoms with Gasteiger partial charge in [-0.2, -0.15) is 0 Å². The quantitative estimate of drug-likeness (QED) is 0.688. The number of hydrogen-bond donors (Lipinski definition) is 1. The highest BCUT2D eigenvalue weighted by Gasteiger charge is 2.00. The van der Waals surface area contributed by atoms with Gasteiger partial charge in [0, 0.05) is 23.5 Å². The summed E-state index contributed by atoms with van der Waals surface area (Å²) in [6.45, 7) is 1.88. The van der Waals surface area contributed by atoms with Gasteiger partial charge >= 0.3 is 0 Å². The summed E-state index contributed by atoms with van der Waals surface area (Å²) < 4.78 is 0. The van der Waals surface area contributed by atoms with Crippen molar-refractivity contribution in [3.05, 3.63) is 36.0 Å². The SMILES string of the molecule is CC#CCCc1c[nH]c2ccccc12. The summed E-state index contributed by atoms with van der Waals surface area (Å²) in [6.07, 6.45) is 4.06. The Morgan fingerprint density at radius 1 is 1.29 bits per heavy atom. The van der Waals surface area contributed by atoms with Crippen LogP contribution in [-0.2, 0) is 6.42 Å². The fraction of sp³-hybridized carbons (Fsp3) is 0.231. The van der Waals surface area contributed by atoms with Crippen molar-refractivity contribution in [1.82, 2.24) is 4.98 Å². The molecule has 1 aromatic heterocycles. The number of aromatic nitrogens is 1. The fourth-order valence-electron chi connectivity index (χ4n) is 1.66. The molecule has 0 saturated carbocycles. The Balaban J connectivity index is 2.28. The Hall–Kier alpha value is -1.68. The van der Waals surface area contributed by atoms with Gasteiger partial charge in [-0.3, -0.25) is 0 Å². The summed E-state index contributed by atoms with van der Waals surface area (Å²) in [7, 11) is 0.